The number of carbonyl (C=O) groups is 1. The molecule has 4 N–H and O–H groups in total. The van der Waals surface area contributed by atoms with Crippen LogP contribution in [0, 0.1) is 6.92 Å². The normalized spacial score (nSPS) is 10.3. The number of anilines is 1. The average molecular weight is 269 g/mol. The molecule has 1 aromatic heterocycles. The zero-order chi connectivity index (χ0) is 14.3. The molecule has 0 aromatic carbocycles. The average Bonchev–Trinajstić information content (AvgIpc) is 2.41. The Morgan fingerprint density at radius 3 is 2.89 bits per heavy atom. The molecule has 8 nitrogen and oxygen atoms in total. The second kappa shape index (κ2) is 7.62. The zero-order valence-electron chi connectivity index (χ0n) is 11.1. The van der Waals surface area contributed by atoms with E-state index < -0.39 is 0 Å². The van der Waals surface area contributed by atoms with E-state index in [2.05, 4.69) is 15.4 Å². The molecule has 0 fully saturated rings. The van der Waals surface area contributed by atoms with Crippen LogP contribution in [0.2, 0.25) is 0 Å². The monoisotopic (exact) mass is 269 g/mol. The predicted octanol–water partition coefficient (Wildman–Crippen LogP) is -0.848. The Morgan fingerprint density at radius 1 is 1.53 bits per heavy atom. The highest BCUT2D eigenvalue weighted by molar-refractivity contribution is 5.92. The van der Waals surface area contributed by atoms with E-state index in [1.165, 1.54) is 4.90 Å². The molecular formula is C11H19N5O3. The van der Waals surface area contributed by atoms with E-state index in [0.717, 1.165) is 0 Å². The lowest BCUT2D eigenvalue weighted by Gasteiger charge is -2.17. The second-order valence-corrected chi connectivity index (χ2v) is 3.93. The standard InChI is InChI=1S/C11H19N5O3/c1-8-7-9(14-11(13-8)15-12)10(18)16(2)3-5-19-6-4-17/h7,17H,3-6,12H2,1-2H3,(H,13,14,15). The molecule has 0 aliphatic heterocycles. The van der Waals surface area contributed by atoms with Crippen LogP contribution in [-0.4, -0.2) is 59.3 Å². The van der Waals surface area contributed by atoms with E-state index in [4.69, 9.17) is 15.7 Å². The summed E-state index contributed by atoms with van der Waals surface area (Å²) in [6.07, 6.45) is 0. The van der Waals surface area contributed by atoms with Crippen molar-refractivity contribution in [2.75, 3.05) is 38.8 Å². The maximum atomic E-state index is 12.1. The molecule has 0 saturated carbocycles. The van der Waals surface area contributed by atoms with E-state index in [1.54, 1.807) is 20.0 Å². The molecule has 0 aliphatic carbocycles. The van der Waals surface area contributed by atoms with Gasteiger partial charge in [0.05, 0.1) is 19.8 Å². The van der Waals surface area contributed by atoms with Crippen molar-refractivity contribution in [3.05, 3.63) is 17.5 Å². The molecular weight excluding hydrogens is 250 g/mol. The minimum Gasteiger partial charge on any atom is -0.394 e. The molecule has 8 heteroatoms. The lowest BCUT2D eigenvalue weighted by Crippen LogP contribution is -2.31. The summed E-state index contributed by atoms with van der Waals surface area (Å²) in [5.41, 5.74) is 3.23. The van der Waals surface area contributed by atoms with Crippen LogP contribution in [0.15, 0.2) is 6.07 Å². The Kier molecular flexibility index (Phi) is 6.13. The molecule has 0 aliphatic rings. The van der Waals surface area contributed by atoms with Crippen molar-refractivity contribution in [1.29, 1.82) is 0 Å². The van der Waals surface area contributed by atoms with Crippen molar-refractivity contribution < 1.29 is 14.6 Å². The van der Waals surface area contributed by atoms with Crippen molar-refractivity contribution >= 4 is 11.9 Å². The van der Waals surface area contributed by atoms with Crippen LogP contribution >= 0.6 is 0 Å². The van der Waals surface area contributed by atoms with Gasteiger partial charge in [-0.15, -0.1) is 0 Å². The topological polar surface area (TPSA) is 114 Å². The quantitative estimate of drug-likeness (QED) is 0.335. The molecule has 0 bridgehead atoms. The SMILES string of the molecule is Cc1cc(C(=O)N(C)CCOCCO)nc(NN)n1. The van der Waals surface area contributed by atoms with E-state index in [-0.39, 0.29) is 30.8 Å². The number of nitrogen functional groups attached to an aromatic ring is 1. The second-order valence-electron chi connectivity index (χ2n) is 3.93. The molecule has 1 heterocycles. The first-order valence-electron chi connectivity index (χ1n) is 5.85. The number of aryl methyl sites for hydroxylation is 1. The van der Waals surface area contributed by atoms with Crippen LogP contribution < -0.4 is 11.3 Å². The Bertz CT molecular complexity index is 427. The summed E-state index contributed by atoms with van der Waals surface area (Å²) in [5, 5.41) is 8.57. The van der Waals surface area contributed by atoms with Crippen molar-refractivity contribution in [3.63, 3.8) is 0 Å². The molecule has 0 atom stereocenters. The van der Waals surface area contributed by atoms with Crippen molar-refractivity contribution in [1.82, 2.24) is 14.9 Å². The number of aliphatic hydroxyl groups is 1. The minimum absolute atomic E-state index is 0.0334. The van der Waals surface area contributed by atoms with E-state index in [0.29, 0.717) is 18.8 Å². The fraction of sp³-hybridized carbons (Fsp3) is 0.545. The molecule has 0 radical (unpaired) electrons. The van der Waals surface area contributed by atoms with E-state index in [1.807, 2.05) is 0 Å². The number of hydrogen-bond donors (Lipinski definition) is 3. The highest BCUT2D eigenvalue weighted by Gasteiger charge is 2.14. The molecule has 106 valence electrons. The predicted molar refractivity (Wildman–Crippen MR) is 69.4 cm³/mol. The maximum Gasteiger partial charge on any atom is 0.272 e. The number of aromatic nitrogens is 2. The number of amides is 1. The largest absolute Gasteiger partial charge is 0.394 e. The van der Waals surface area contributed by atoms with Crippen molar-refractivity contribution in [2.24, 2.45) is 5.84 Å². The van der Waals surface area contributed by atoms with Crippen molar-refractivity contribution in [2.45, 2.75) is 6.92 Å². The number of carbonyl (C=O) groups excluding carboxylic acids is 1. The van der Waals surface area contributed by atoms with Gasteiger partial charge in [-0.05, 0) is 13.0 Å². The third-order valence-corrected chi connectivity index (χ3v) is 2.36. The molecule has 0 unspecified atom stereocenters. The highest BCUT2D eigenvalue weighted by Crippen LogP contribution is 2.06. The van der Waals surface area contributed by atoms with Gasteiger partial charge in [-0.1, -0.05) is 0 Å². The number of nitrogens with zero attached hydrogens (tertiary/aromatic N) is 3. The minimum atomic E-state index is -0.241. The summed E-state index contributed by atoms with van der Waals surface area (Å²) in [5.74, 6) is 5.19. The summed E-state index contributed by atoms with van der Waals surface area (Å²) in [7, 11) is 1.65. The van der Waals surface area contributed by atoms with Crippen LogP contribution in [-0.2, 0) is 4.74 Å². The molecule has 0 spiro atoms. The summed E-state index contributed by atoms with van der Waals surface area (Å²) >= 11 is 0. The van der Waals surface area contributed by atoms with Crippen LogP contribution in [0.1, 0.15) is 16.2 Å². The first-order chi connectivity index (χ1) is 9.08. The fourth-order valence-electron chi connectivity index (χ4n) is 1.41. The van der Waals surface area contributed by atoms with Gasteiger partial charge < -0.3 is 14.7 Å². The Labute approximate surface area is 111 Å². The zero-order valence-corrected chi connectivity index (χ0v) is 11.1. The van der Waals surface area contributed by atoms with Crippen LogP contribution in [0.4, 0.5) is 5.95 Å². The summed E-state index contributed by atoms with van der Waals surface area (Å²) in [6, 6.07) is 1.59. The smallest absolute Gasteiger partial charge is 0.272 e. The van der Waals surface area contributed by atoms with Gasteiger partial charge in [0.15, 0.2) is 0 Å². The van der Waals surface area contributed by atoms with Gasteiger partial charge in [0, 0.05) is 19.3 Å². The van der Waals surface area contributed by atoms with Crippen LogP contribution in [0.3, 0.4) is 0 Å². The lowest BCUT2D eigenvalue weighted by atomic mass is 10.3. The number of likely N-dealkylation sites (N-methyl/N-ethyl adjacent to an activating group) is 1. The first-order valence-corrected chi connectivity index (χ1v) is 5.85. The van der Waals surface area contributed by atoms with Gasteiger partial charge in [-0.2, -0.15) is 0 Å². The Morgan fingerprint density at radius 2 is 2.26 bits per heavy atom. The highest BCUT2D eigenvalue weighted by atomic mass is 16.5. The number of aliphatic hydroxyl groups excluding tert-OH is 1. The number of hydrazine groups is 1. The van der Waals surface area contributed by atoms with Crippen molar-refractivity contribution in [3.8, 4) is 0 Å². The van der Waals surface area contributed by atoms with E-state index >= 15 is 0 Å². The third kappa shape index (κ3) is 4.78. The number of nitrogens with one attached hydrogen (secondary N) is 1. The first kappa shape index (κ1) is 15.3. The van der Waals surface area contributed by atoms with Crippen LogP contribution in [0.25, 0.3) is 0 Å². The van der Waals surface area contributed by atoms with Gasteiger partial charge in [0.25, 0.3) is 5.91 Å². The Hall–Kier alpha value is -1.77. The number of nitrogens with two attached hydrogens (primary N) is 1. The molecule has 1 rings (SSSR count). The molecule has 0 saturated heterocycles. The third-order valence-electron chi connectivity index (χ3n) is 2.36. The fourth-order valence-corrected chi connectivity index (χ4v) is 1.41. The summed E-state index contributed by atoms with van der Waals surface area (Å²) in [6.45, 7) is 2.75. The summed E-state index contributed by atoms with van der Waals surface area (Å²) < 4.78 is 5.10. The molecule has 1 amide bonds. The molecule has 19 heavy (non-hydrogen) atoms. The molecule has 1 aromatic rings. The number of rotatable bonds is 7. The Balaban J connectivity index is 2.63. The number of ether oxygens (including phenoxy) is 1. The van der Waals surface area contributed by atoms with Gasteiger partial charge in [0.2, 0.25) is 5.95 Å². The lowest BCUT2D eigenvalue weighted by molar-refractivity contribution is 0.0614. The van der Waals surface area contributed by atoms with E-state index in [9.17, 15) is 4.79 Å². The van der Waals surface area contributed by atoms with Crippen LogP contribution in [0.5, 0.6) is 0 Å². The van der Waals surface area contributed by atoms with Gasteiger partial charge in [0.1, 0.15) is 5.69 Å². The van der Waals surface area contributed by atoms with Gasteiger partial charge in [-0.3, -0.25) is 10.2 Å². The van der Waals surface area contributed by atoms with Gasteiger partial charge >= 0.3 is 0 Å². The number of hydrogen-bond acceptors (Lipinski definition) is 7. The maximum absolute atomic E-state index is 12.1. The summed E-state index contributed by atoms with van der Waals surface area (Å²) in [4.78, 5) is 21.6. The van der Waals surface area contributed by atoms with Gasteiger partial charge in [-0.25, -0.2) is 15.8 Å².